The summed E-state index contributed by atoms with van der Waals surface area (Å²) in [6, 6.07) is 2.00. The van der Waals surface area contributed by atoms with Crippen molar-refractivity contribution in [2.75, 3.05) is 11.9 Å². The SMILES string of the molecule is CC(=O)Nc1nc(F)c(CN2C[C@H](Oc3nccc4nccnc34)C[C@@H]2C)s1. The van der Waals surface area contributed by atoms with Crippen molar-refractivity contribution in [1.82, 2.24) is 24.8 Å². The Balaban J connectivity index is 1.45. The average Bonchev–Trinajstić information content (AvgIpc) is 3.17. The number of likely N-dealkylation sites (tertiary alicyclic amines) is 1. The van der Waals surface area contributed by atoms with Gasteiger partial charge in [0.15, 0.2) is 10.6 Å². The molecular weight excluding hydrogens is 383 g/mol. The maximum Gasteiger partial charge on any atom is 0.242 e. The average molecular weight is 402 g/mol. The van der Waals surface area contributed by atoms with E-state index in [1.165, 1.54) is 6.92 Å². The Hall–Kier alpha value is -2.72. The monoisotopic (exact) mass is 402 g/mol. The zero-order valence-corrected chi connectivity index (χ0v) is 16.2. The Morgan fingerprint density at radius 1 is 1.36 bits per heavy atom. The zero-order valence-electron chi connectivity index (χ0n) is 15.4. The number of carbonyl (C=O) groups is 1. The number of hydrogen-bond acceptors (Lipinski definition) is 8. The zero-order chi connectivity index (χ0) is 19.7. The summed E-state index contributed by atoms with van der Waals surface area (Å²) in [5.41, 5.74) is 1.36. The maximum atomic E-state index is 14.1. The Bertz CT molecular complexity index is 1010. The molecule has 1 saturated heterocycles. The van der Waals surface area contributed by atoms with Crippen LogP contribution in [0.25, 0.3) is 11.0 Å². The van der Waals surface area contributed by atoms with Crippen LogP contribution in [0.2, 0.25) is 0 Å². The molecule has 0 radical (unpaired) electrons. The predicted molar refractivity (Wildman–Crippen MR) is 103 cm³/mol. The normalized spacial score (nSPS) is 19.8. The summed E-state index contributed by atoms with van der Waals surface area (Å²) in [5, 5.41) is 2.80. The minimum Gasteiger partial charge on any atom is -0.471 e. The first-order chi connectivity index (χ1) is 13.5. The molecule has 146 valence electrons. The second-order valence-electron chi connectivity index (χ2n) is 6.71. The van der Waals surface area contributed by atoms with Crippen LogP contribution in [0.3, 0.4) is 0 Å². The first-order valence-electron chi connectivity index (χ1n) is 8.89. The van der Waals surface area contributed by atoms with E-state index in [-0.39, 0.29) is 23.2 Å². The van der Waals surface area contributed by atoms with E-state index in [2.05, 4.69) is 37.1 Å². The molecule has 1 amide bonds. The quantitative estimate of drug-likeness (QED) is 0.701. The minimum atomic E-state index is -0.545. The van der Waals surface area contributed by atoms with E-state index in [1.807, 2.05) is 0 Å². The van der Waals surface area contributed by atoms with Crippen molar-refractivity contribution in [3.05, 3.63) is 35.5 Å². The molecule has 4 heterocycles. The molecule has 0 saturated carbocycles. The first kappa shape index (κ1) is 18.6. The van der Waals surface area contributed by atoms with Crippen LogP contribution in [0.5, 0.6) is 5.88 Å². The van der Waals surface area contributed by atoms with E-state index < -0.39 is 5.95 Å². The molecule has 0 aromatic carbocycles. The number of carbonyl (C=O) groups excluding carboxylic acids is 1. The summed E-state index contributed by atoms with van der Waals surface area (Å²) >= 11 is 1.15. The Labute approximate surface area is 164 Å². The van der Waals surface area contributed by atoms with Crippen molar-refractivity contribution in [1.29, 1.82) is 0 Å². The molecule has 1 fully saturated rings. The van der Waals surface area contributed by atoms with Gasteiger partial charge in [0.2, 0.25) is 17.7 Å². The molecule has 0 aliphatic carbocycles. The van der Waals surface area contributed by atoms with E-state index in [0.29, 0.717) is 29.4 Å². The molecule has 8 nitrogen and oxygen atoms in total. The molecule has 3 aromatic rings. The summed E-state index contributed by atoms with van der Waals surface area (Å²) < 4.78 is 20.2. The highest BCUT2D eigenvalue weighted by atomic mass is 32.1. The van der Waals surface area contributed by atoms with Gasteiger partial charge in [-0.2, -0.15) is 9.37 Å². The van der Waals surface area contributed by atoms with E-state index >= 15 is 0 Å². The lowest BCUT2D eigenvalue weighted by molar-refractivity contribution is -0.114. The highest BCUT2D eigenvalue weighted by Gasteiger charge is 2.32. The van der Waals surface area contributed by atoms with Crippen LogP contribution in [0.1, 0.15) is 25.1 Å². The second-order valence-corrected chi connectivity index (χ2v) is 7.79. The topological polar surface area (TPSA) is 93.1 Å². The fraction of sp³-hybridized carbons (Fsp3) is 0.389. The van der Waals surface area contributed by atoms with Gasteiger partial charge in [0.05, 0.1) is 10.4 Å². The van der Waals surface area contributed by atoms with Crippen molar-refractivity contribution in [2.45, 2.75) is 39.0 Å². The van der Waals surface area contributed by atoms with E-state index in [9.17, 15) is 9.18 Å². The van der Waals surface area contributed by atoms with Crippen LogP contribution in [0.4, 0.5) is 9.52 Å². The minimum absolute atomic E-state index is 0.0825. The maximum absolute atomic E-state index is 14.1. The van der Waals surface area contributed by atoms with Crippen molar-refractivity contribution < 1.29 is 13.9 Å². The third kappa shape index (κ3) is 3.92. The third-order valence-corrected chi connectivity index (χ3v) is 5.51. The van der Waals surface area contributed by atoms with Crippen molar-refractivity contribution in [3.8, 4) is 5.88 Å². The summed E-state index contributed by atoms with van der Waals surface area (Å²) in [7, 11) is 0. The van der Waals surface area contributed by atoms with Gasteiger partial charge in [-0.05, 0) is 13.0 Å². The number of halogens is 1. The van der Waals surface area contributed by atoms with Crippen LogP contribution < -0.4 is 10.1 Å². The molecular formula is C18H19FN6O2S. The van der Waals surface area contributed by atoms with Gasteiger partial charge in [0.1, 0.15) is 6.10 Å². The van der Waals surface area contributed by atoms with Gasteiger partial charge in [-0.3, -0.25) is 14.7 Å². The number of fused-ring (bicyclic) bond motifs is 1. The number of aromatic nitrogens is 4. The third-order valence-electron chi connectivity index (χ3n) is 4.58. The molecule has 28 heavy (non-hydrogen) atoms. The van der Waals surface area contributed by atoms with Crippen molar-refractivity contribution >= 4 is 33.4 Å². The molecule has 4 rings (SSSR count). The number of nitrogens with zero attached hydrogens (tertiary/aromatic N) is 5. The summed E-state index contributed by atoms with van der Waals surface area (Å²) in [4.78, 5) is 30.4. The fourth-order valence-corrected chi connectivity index (χ4v) is 4.20. The molecule has 0 bridgehead atoms. The van der Waals surface area contributed by atoms with Gasteiger partial charge in [-0.1, -0.05) is 11.3 Å². The Morgan fingerprint density at radius 3 is 3.00 bits per heavy atom. The lowest BCUT2D eigenvalue weighted by Crippen LogP contribution is -2.28. The van der Waals surface area contributed by atoms with Gasteiger partial charge in [0, 0.05) is 51.1 Å². The standard InChI is InChI=1S/C18H19FN6O2S/c1-10-7-12(27-17-15-13(3-4-22-17)20-5-6-21-15)8-25(10)9-14-16(19)24-18(28-14)23-11(2)26/h3-6,10,12H,7-9H2,1-2H3,(H,23,24,26)/t10-,12+/m0/s1. The molecule has 3 aromatic heterocycles. The van der Waals surface area contributed by atoms with Crippen LogP contribution in [0, 0.1) is 5.95 Å². The molecule has 0 unspecified atom stereocenters. The van der Waals surface area contributed by atoms with Crippen molar-refractivity contribution in [3.63, 3.8) is 0 Å². The molecule has 10 heteroatoms. The molecule has 1 N–H and O–H groups in total. The smallest absolute Gasteiger partial charge is 0.242 e. The van der Waals surface area contributed by atoms with E-state index in [4.69, 9.17) is 4.74 Å². The fourth-order valence-electron chi connectivity index (χ4n) is 3.29. The summed E-state index contributed by atoms with van der Waals surface area (Å²) in [6.07, 6.45) is 5.60. The number of hydrogen-bond donors (Lipinski definition) is 1. The largest absolute Gasteiger partial charge is 0.471 e. The van der Waals surface area contributed by atoms with Gasteiger partial charge < -0.3 is 10.1 Å². The highest BCUT2D eigenvalue weighted by molar-refractivity contribution is 7.15. The van der Waals surface area contributed by atoms with Crippen LogP contribution in [0.15, 0.2) is 24.7 Å². The second kappa shape index (κ2) is 7.72. The van der Waals surface area contributed by atoms with Crippen molar-refractivity contribution in [2.24, 2.45) is 0 Å². The van der Waals surface area contributed by atoms with Gasteiger partial charge in [-0.15, -0.1) is 0 Å². The molecule has 0 spiro atoms. The predicted octanol–water partition coefficient (Wildman–Crippen LogP) is 2.62. The lowest BCUT2D eigenvalue weighted by Gasteiger charge is -2.19. The first-order valence-corrected chi connectivity index (χ1v) is 9.70. The number of anilines is 1. The molecule has 1 aliphatic rings. The Kier molecular flexibility index (Phi) is 5.14. The summed E-state index contributed by atoms with van der Waals surface area (Å²) in [5.74, 6) is -0.355. The van der Waals surface area contributed by atoms with Crippen LogP contribution in [-0.2, 0) is 11.3 Å². The van der Waals surface area contributed by atoms with Gasteiger partial charge >= 0.3 is 0 Å². The highest BCUT2D eigenvalue weighted by Crippen LogP contribution is 2.29. The lowest BCUT2D eigenvalue weighted by atomic mass is 10.2. The number of pyridine rings is 1. The van der Waals surface area contributed by atoms with Crippen LogP contribution in [-0.4, -0.2) is 49.4 Å². The number of rotatable bonds is 5. The van der Waals surface area contributed by atoms with Gasteiger partial charge in [0.25, 0.3) is 0 Å². The van der Waals surface area contributed by atoms with Gasteiger partial charge in [-0.25, -0.2) is 9.97 Å². The molecule has 2 atom stereocenters. The number of amides is 1. The van der Waals surface area contributed by atoms with E-state index in [0.717, 1.165) is 23.3 Å². The number of thiazole rings is 1. The van der Waals surface area contributed by atoms with E-state index in [1.54, 1.807) is 24.7 Å². The van der Waals surface area contributed by atoms with Crippen LogP contribution >= 0.6 is 11.3 Å². The molecule has 1 aliphatic heterocycles. The number of nitrogens with one attached hydrogen (secondary N) is 1. The summed E-state index contributed by atoms with van der Waals surface area (Å²) in [6.45, 7) is 4.49. The Morgan fingerprint density at radius 2 is 2.18 bits per heavy atom. The number of ether oxygens (including phenoxy) is 1.